The minimum atomic E-state index is 0.0367. The van der Waals surface area contributed by atoms with Crippen molar-refractivity contribution < 1.29 is 14.3 Å². The molecule has 7 nitrogen and oxygen atoms in total. The molecule has 31 heavy (non-hydrogen) atoms. The Labute approximate surface area is 182 Å². The third-order valence-corrected chi connectivity index (χ3v) is 5.07. The van der Waals surface area contributed by atoms with E-state index in [1.54, 1.807) is 0 Å². The summed E-state index contributed by atoms with van der Waals surface area (Å²) in [5.74, 6) is 3.52. The van der Waals surface area contributed by atoms with Crippen molar-refractivity contribution in [1.29, 1.82) is 0 Å². The lowest BCUT2D eigenvalue weighted by molar-refractivity contribution is 0.0746. The first-order chi connectivity index (χ1) is 15.1. The zero-order chi connectivity index (χ0) is 21.6. The van der Waals surface area contributed by atoms with Gasteiger partial charge >= 0.3 is 0 Å². The van der Waals surface area contributed by atoms with Gasteiger partial charge in [0.2, 0.25) is 5.88 Å². The predicted octanol–water partition coefficient (Wildman–Crippen LogP) is 3.94. The van der Waals surface area contributed by atoms with Gasteiger partial charge in [0, 0.05) is 37.8 Å². The Morgan fingerprint density at radius 3 is 2.32 bits per heavy atom. The fourth-order valence-corrected chi connectivity index (χ4v) is 3.53. The van der Waals surface area contributed by atoms with Crippen molar-refractivity contribution in [3.63, 3.8) is 0 Å². The van der Waals surface area contributed by atoms with Gasteiger partial charge in [-0.25, -0.2) is 4.98 Å². The van der Waals surface area contributed by atoms with Crippen LogP contribution in [-0.2, 0) is 0 Å². The molecule has 0 unspecified atom stereocenters. The number of ether oxygens (including phenoxy) is 2. The first-order valence-electron chi connectivity index (χ1n) is 10.5. The van der Waals surface area contributed by atoms with Gasteiger partial charge < -0.3 is 19.3 Å². The third-order valence-electron chi connectivity index (χ3n) is 5.07. The smallest absolute Gasteiger partial charge is 0.253 e. The van der Waals surface area contributed by atoms with Crippen molar-refractivity contribution in [1.82, 2.24) is 14.9 Å². The summed E-state index contributed by atoms with van der Waals surface area (Å²) in [6, 6.07) is 18.7. The Balaban J connectivity index is 1.39. The normalized spacial score (nSPS) is 13.7. The summed E-state index contributed by atoms with van der Waals surface area (Å²) >= 11 is 0. The first kappa shape index (κ1) is 20.7. The maximum atomic E-state index is 12.8. The number of rotatable bonds is 6. The number of hydrogen-bond donors (Lipinski definition) is 0. The van der Waals surface area contributed by atoms with E-state index in [2.05, 4.69) is 14.9 Å². The summed E-state index contributed by atoms with van der Waals surface area (Å²) in [6.07, 6.45) is 0. The second kappa shape index (κ2) is 9.47. The van der Waals surface area contributed by atoms with E-state index in [0.29, 0.717) is 50.1 Å². The number of carbonyl (C=O) groups excluding carboxylic acids is 1. The molecule has 0 aliphatic carbocycles. The molecule has 4 rings (SSSR count). The molecule has 1 aliphatic rings. The SMILES string of the molecule is CCOc1ccc(C(=O)N2CCN(c3cc(Oc4ccccc4)nc(C)n3)CC2)cc1. The van der Waals surface area contributed by atoms with Crippen molar-refractivity contribution in [3.05, 3.63) is 72.1 Å². The number of amides is 1. The standard InChI is InChI=1S/C24H26N4O3/c1-3-30-20-11-9-19(10-12-20)24(29)28-15-13-27(14-16-28)22-17-23(26-18(2)25-22)31-21-7-5-4-6-8-21/h4-12,17H,3,13-16H2,1-2H3. The lowest BCUT2D eigenvalue weighted by Gasteiger charge is -2.35. The van der Waals surface area contributed by atoms with Crippen molar-refractivity contribution >= 4 is 11.7 Å². The maximum Gasteiger partial charge on any atom is 0.253 e. The van der Waals surface area contributed by atoms with E-state index in [4.69, 9.17) is 9.47 Å². The number of nitrogens with zero attached hydrogens (tertiary/aromatic N) is 4. The van der Waals surface area contributed by atoms with E-state index in [-0.39, 0.29) is 5.91 Å². The van der Waals surface area contributed by atoms with Crippen LogP contribution in [0.3, 0.4) is 0 Å². The van der Waals surface area contributed by atoms with Crippen LogP contribution in [-0.4, -0.2) is 53.6 Å². The van der Waals surface area contributed by atoms with Crippen LogP contribution in [0, 0.1) is 6.92 Å². The highest BCUT2D eigenvalue weighted by Gasteiger charge is 2.23. The van der Waals surface area contributed by atoms with E-state index < -0.39 is 0 Å². The van der Waals surface area contributed by atoms with Crippen LogP contribution in [0.1, 0.15) is 23.1 Å². The van der Waals surface area contributed by atoms with Gasteiger partial charge in [-0.05, 0) is 50.2 Å². The molecule has 2 heterocycles. The van der Waals surface area contributed by atoms with Gasteiger partial charge in [0.25, 0.3) is 5.91 Å². The molecule has 1 aliphatic heterocycles. The van der Waals surface area contributed by atoms with Crippen LogP contribution in [0.25, 0.3) is 0 Å². The summed E-state index contributed by atoms with van der Waals surface area (Å²) in [5, 5.41) is 0. The van der Waals surface area contributed by atoms with Crippen LogP contribution >= 0.6 is 0 Å². The Hall–Kier alpha value is -3.61. The van der Waals surface area contributed by atoms with Crippen molar-refractivity contribution in [2.45, 2.75) is 13.8 Å². The average molecular weight is 418 g/mol. The van der Waals surface area contributed by atoms with Crippen molar-refractivity contribution in [3.8, 4) is 17.4 Å². The Morgan fingerprint density at radius 2 is 1.65 bits per heavy atom. The zero-order valence-corrected chi connectivity index (χ0v) is 17.8. The summed E-state index contributed by atoms with van der Waals surface area (Å²) in [5.41, 5.74) is 0.674. The molecule has 0 saturated carbocycles. The Morgan fingerprint density at radius 1 is 0.935 bits per heavy atom. The number of benzene rings is 2. The maximum absolute atomic E-state index is 12.8. The van der Waals surface area contributed by atoms with Crippen molar-refractivity contribution in [2.75, 3.05) is 37.7 Å². The molecule has 0 atom stereocenters. The monoisotopic (exact) mass is 418 g/mol. The fourth-order valence-electron chi connectivity index (χ4n) is 3.53. The molecular formula is C24H26N4O3. The minimum absolute atomic E-state index is 0.0367. The largest absolute Gasteiger partial charge is 0.494 e. The summed E-state index contributed by atoms with van der Waals surface area (Å²) in [7, 11) is 0. The highest BCUT2D eigenvalue weighted by atomic mass is 16.5. The molecule has 1 fully saturated rings. The molecule has 0 spiro atoms. The van der Waals surface area contributed by atoms with Crippen LogP contribution < -0.4 is 14.4 Å². The summed E-state index contributed by atoms with van der Waals surface area (Å²) in [4.78, 5) is 25.8. The molecule has 160 valence electrons. The van der Waals surface area contributed by atoms with Crippen LogP contribution in [0.4, 0.5) is 5.82 Å². The number of aryl methyl sites for hydroxylation is 1. The van der Waals surface area contributed by atoms with Gasteiger partial charge in [-0.15, -0.1) is 0 Å². The molecule has 0 bridgehead atoms. The van der Waals surface area contributed by atoms with Gasteiger partial charge in [0.05, 0.1) is 6.61 Å². The quantitative estimate of drug-likeness (QED) is 0.604. The number of anilines is 1. The molecule has 0 N–H and O–H groups in total. The lowest BCUT2D eigenvalue weighted by Crippen LogP contribution is -2.49. The highest BCUT2D eigenvalue weighted by molar-refractivity contribution is 5.94. The van der Waals surface area contributed by atoms with Crippen molar-refractivity contribution in [2.24, 2.45) is 0 Å². The van der Waals surface area contributed by atoms with E-state index in [1.165, 1.54) is 0 Å². The van der Waals surface area contributed by atoms with Gasteiger partial charge in [-0.3, -0.25) is 4.79 Å². The van der Waals surface area contributed by atoms with E-state index in [1.807, 2.05) is 79.4 Å². The molecule has 1 aromatic heterocycles. The number of carbonyl (C=O) groups is 1. The van der Waals surface area contributed by atoms with Gasteiger partial charge in [-0.2, -0.15) is 4.98 Å². The summed E-state index contributed by atoms with van der Waals surface area (Å²) in [6.45, 7) is 7.05. The number of piperazine rings is 1. The number of aromatic nitrogens is 2. The zero-order valence-electron chi connectivity index (χ0n) is 17.8. The molecule has 1 saturated heterocycles. The van der Waals surface area contributed by atoms with Gasteiger partial charge in [0.1, 0.15) is 23.1 Å². The second-order valence-electron chi connectivity index (χ2n) is 7.26. The third kappa shape index (κ3) is 5.12. The Bertz CT molecular complexity index is 1020. The van der Waals surface area contributed by atoms with E-state index in [9.17, 15) is 4.79 Å². The van der Waals surface area contributed by atoms with Crippen LogP contribution in [0.5, 0.6) is 17.4 Å². The number of hydrogen-bond acceptors (Lipinski definition) is 6. The van der Waals surface area contributed by atoms with E-state index >= 15 is 0 Å². The molecule has 0 radical (unpaired) electrons. The number of para-hydroxylation sites is 1. The second-order valence-corrected chi connectivity index (χ2v) is 7.26. The van der Waals surface area contributed by atoms with Crippen LogP contribution in [0.2, 0.25) is 0 Å². The fraction of sp³-hybridized carbons (Fsp3) is 0.292. The van der Waals surface area contributed by atoms with Gasteiger partial charge in [-0.1, -0.05) is 18.2 Å². The highest BCUT2D eigenvalue weighted by Crippen LogP contribution is 2.24. The van der Waals surface area contributed by atoms with E-state index in [0.717, 1.165) is 17.3 Å². The minimum Gasteiger partial charge on any atom is -0.494 e. The molecule has 1 amide bonds. The molecule has 2 aromatic carbocycles. The molecule has 3 aromatic rings. The van der Waals surface area contributed by atoms with Crippen LogP contribution in [0.15, 0.2) is 60.7 Å². The summed E-state index contributed by atoms with van der Waals surface area (Å²) < 4.78 is 11.3. The Kier molecular flexibility index (Phi) is 6.31. The first-order valence-corrected chi connectivity index (χ1v) is 10.5. The topological polar surface area (TPSA) is 67.8 Å². The average Bonchev–Trinajstić information content (AvgIpc) is 2.80. The molecular weight excluding hydrogens is 392 g/mol. The predicted molar refractivity (Wildman–Crippen MR) is 119 cm³/mol. The molecule has 7 heteroatoms. The lowest BCUT2D eigenvalue weighted by atomic mass is 10.1. The van der Waals surface area contributed by atoms with Gasteiger partial charge in [0.15, 0.2) is 0 Å².